The summed E-state index contributed by atoms with van der Waals surface area (Å²) in [6.45, 7) is 4.87. The molecule has 0 bridgehead atoms. The van der Waals surface area contributed by atoms with Gasteiger partial charge in [-0.2, -0.15) is 0 Å². The van der Waals surface area contributed by atoms with Gasteiger partial charge in [0.25, 0.3) is 12.3 Å². The van der Waals surface area contributed by atoms with Crippen LogP contribution in [-0.4, -0.2) is 18.1 Å². The van der Waals surface area contributed by atoms with Crippen molar-refractivity contribution in [2.75, 3.05) is 0 Å². The fourth-order valence-corrected chi connectivity index (χ4v) is 1.30. The molecular weight excluding hydrogens is 278 g/mol. The second-order valence-corrected chi connectivity index (χ2v) is 5.46. The molecule has 0 saturated heterocycles. The number of amides is 1. The van der Waals surface area contributed by atoms with Gasteiger partial charge in [-0.25, -0.2) is 8.78 Å². The summed E-state index contributed by atoms with van der Waals surface area (Å²) in [5, 5.41) is 0. The number of hydrazine groups is 1. The van der Waals surface area contributed by atoms with Crippen molar-refractivity contribution in [3.63, 3.8) is 0 Å². The zero-order chi connectivity index (χ0) is 16.0. The number of allylic oxidation sites excluding steroid dienone is 2. The molecule has 0 fully saturated rings. The van der Waals surface area contributed by atoms with Crippen LogP contribution in [0.25, 0.3) is 0 Å². The number of halogens is 2. The summed E-state index contributed by atoms with van der Waals surface area (Å²) in [6.07, 6.45) is -2.08. The highest BCUT2D eigenvalue weighted by molar-refractivity contribution is 5.95. The molecule has 0 aliphatic heterocycles. The third-order valence-corrected chi connectivity index (χ3v) is 2.62. The SMILES string of the molecule is CC(C)(C)C(=O)/C=C(/NNC(=O)c1ccccc1)C(F)F. The number of alkyl halides is 2. The number of benzene rings is 1. The second-order valence-electron chi connectivity index (χ2n) is 5.46. The van der Waals surface area contributed by atoms with Crippen molar-refractivity contribution in [3.8, 4) is 0 Å². The molecule has 1 amide bonds. The van der Waals surface area contributed by atoms with Crippen LogP contribution in [0.15, 0.2) is 42.1 Å². The molecular formula is C15H18F2N2O2. The maximum atomic E-state index is 12.9. The lowest BCUT2D eigenvalue weighted by molar-refractivity contribution is -0.121. The summed E-state index contributed by atoms with van der Waals surface area (Å²) in [4.78, 5) is 23.5. The molecule has 21 heavy (non-hydrogen) atoms. The van der Waals surface area contributed by atoms with Gasteiger partial charge in [0.15, 0.2) is 5.78 Å². The Labute approximate surface area is 122 Å². The number of rotatable bonds is 5. The van der Waals surface area contributed by atoms with E-state index in [0.717, 1.165) is 6.08 Å². The van der Waals surface area contributed by atoms with E-state index in [0.29, 0.717) is 5.56 Å². The molecule has 6 heteroatoms. The Morgan fingerprint density at radius 1 is 1.10 bits per heavy atom. The van der Waals surface area contributed by atoms with Crippen LogP contribution < -0.4 is 10.9 Å². The lowest BCUT2D eigenvalue weighted by atomic mass is 9.90. The first-order valence-electron chi connectivity index (χ1n) is 6.37. The summed E-state index contributed by atoms with van der Waals surface area (Å²) >= 11 is 0. The minimum absolute atomic E-state index is 0.320. The predicted octanol–water partition coefficient (Wildman–Crippen LogP) is 2.69. The number of nitrogens with one attached hydrogen (secondary N) is 2. The van der Waals surface area contributed by atoms with E-state index < -0.39 is 29.2 Å². The molecule has 4 nitrogen and oxygen atoms in total. The Morgan fingerprint density at radius 2 is 1.67 bits per heavy atom. The highest BCUT2D eigenvalue weighted by Gasteiger charge is 2.22. The Kier molecular flexibility index (Phi) is 5.58. The largest absolute Gasteiger partial charge is 0.297 e. The smallest absolute Gasteiger partial charge is 0.279 e. The van der Waals surface area contributed by atoms with E-state index >= 15 is 0 Å². The summed E-state index contributed by atoms with van der Waals surface area (Å²) in [7, 11) is 0. The number of hydrogen-bond donors (Lipinski definition) is 2. The molecule has 2 N–H and O–H groups in total. The number of hydrogen-bond acceptors (Lipinski definition) is 3. The normalized spacial score (nSPS) is 12.2. The average molecular weight is 296 g/mol. The molecule has 0 spiro atoms. The monoisotopic (exact) mass is 296 g/mol. The summed E-state index contributed by atoms with van der Waals surface area (Å²) in [5.74, 6) is -1.02. The Hall–Kier alpha value is -2.24. The van der Waals surface area contributed by atoms with Crippen molar-refractivity contribution in [1.29, 1.82) is 0 Å². The number of carbonyl (C=O) groups excluding carboxylic acids is 2. The molecule has 1 aromatic carbocycles. The molecule has 0 unspecified atom stereocenters. The highest BCUT2D eigenvalue weighted by Crippen LogP contribution is 2.17. The molecule has 0 saturated carbocycles. The van der Waals surface area contributed by atoms with Crippen molar-refractivity contribution >= 4 is 11.7 Å². The van der Waals surface area contributed by atoms with Gasteiger partial charge >= 0.3 is 0 Å². The van der Waals surface area contributed by atoms with Gasteiger partial charge in [-0.15, -0.1) is 0 Å². The molecule has 0 atom stereocenters. The van der Waals surface area contributed by atoms with Gasteiger partial charge in [0.1, 0.15) is 5.70 Å². The Morgan fingerprint density at radius 3 is 2.14 bits per heavy atom. The van der Waals surface area contributed by atoms with Gasteiger partial charge in [-0.3, -0.25) is 20.4 Å². The van der Waals surface area contributed by atoms with E-state index in [-0.39, 0.29) is 0 Å². The van der Waals surface area contributed by atoms with Crippen molar-refractivity contribution < 1.29 is 18.4 Å². The van der Waals surface area contributed by atoms with Crippen LogP contribution in [-0.2, 0) is 4.79 Å². The third kappa shape index (κ3) is 5.33. The van der Waals surface area contributed by atoms with Gasteiger partial charge in [0, 0.05) is 17.1 Å². The zero-order valence-electron chi connectivity index (χ0n) is 12.1. The van der Waals surface area contributed by atoms with Gasteiger partial charge in [0.05, 0.1) is 0 Å². The van der Waals surface area contributed by atoms with Crippen molar-refractivity contribution in [2.45, 2.75) is 27.2 Å². The van der Waals surface area contributed by atoms with E-state index in [9.17, 15) is 18.4 Å². The lowest BCUT2D eigenvalue weighted by Crippen LogP contribution is -2.39. The van der Waals surface area contributed by atoms with Gasteiger partial charge in [-0.1, -0.05) is 39.0 Å². The van der Waals surface area contributed by atoms with Gasteiger partial charge in [0.2, 0.25) is 0 Å². The quantitative estimate of drug-likeness (QED) is 0.649. The fourth-order valence-electron chi connectivity index (χ4n) is 1.30. The third-order valence-electron chi connectivity index (χ3n) is 2.62. The molecule has 1 aromatic rings. The van der Waals surface area contributed by atoms with Crippen LogP contribution in [0.2, 0.25) is 0 Å². The second kappa shape index (κ2) is 6.97. The van der Waals surface area contributed by atoms with E-state index in [1.54, 1.807) is 51.1 Å². The van der Waals surface area contributed by atoms with Crippen molar-refractivity contribution in [2.24, 2.45) is 5.41 Å². The van der Waals surface area contributed by atoms with Crippen molar-refractivity contribution in [1.82, 2.24) is 10.9 Å². The first kappa shape index (κ1) is 16.8. The summed E-state index contributed by atoms with van der Waals surface area (Å²) in [6, 6.07) is 8.13. The van der Waals surface area contributed by atoms with Crippen LogP contribution in [0.3, 0.4) is 0 Å². The topological polar surface area (TPSA) is 58.2 Å². The Bertz CT molecular complexity index is 534. The molecule has 0 aliphatic carbocycles. The molecule has 0 aliphatic rings. The highest BCUT2D eigenvalue weighted by atomic mass is 19.3. The van der Waals surface area contributed by atoms with E-state index in [1.807, 2.05) is 0 Å². The van der Waals surface area contributed by atoms with Crippen LogP contribution in [0, 0.1) is 5.41 Å². The van der Waals surface area contributed by atoms with Crippen LogP contribution >= 0.6 is 0 Å². The summed E-state index contributed by atoms with van der Waals surface area (Å²) < 4.78 is 25.7. The molecule has 0 radical (unpaired) electrons. The minimum Gasteiger partial charge on any atom is -0.297 e. The first-order valence-corrected chi connectivity index (χ1v) is 6.37. The van der Waals surface area contributed by atoms with E-state index in [2.05, 4.69) is 10.9 Å². The van der Waals surface area contributed by atoms with Crippen LogP contribution in [0.1, 0.15) is 31.1 Å². The first-order chi connectivity index (χ1) is 9.71. The standard InChI is InChI=1S/C15H18F2N2O2/c1-15(2,3)12(20)9-11(13(16)17)18-19-14(21)10-7-5-4-6-8-10/h4-9,13,18H,1-3H3,(H,19,21)/b11-9+. The number of ketones is 1. The minimum atomic E-state index is -2.90. The number of carbonyl (C=O) groups is 2. The molecule has 1 rings (SSSR count). The van der Waals surface area contributed by atoms with E-state index in [4.69, 9.17) is 0 Å². The average Bonchev–Trinajstić information content (AvgIpc) is 2.42. The Balaban J connectivity index is 2.75. The maximum Gasteiger partial charge on any atom is 0.279 e. The molecule has 114 valence electrons. The van der Waals surface area contributed by atoms with Crippen LogP contribution in [0.4, 0.5) is 8.78 Å². The molecule has 0 heterocycles. The summed E-state index contributed by atoms with van der Waals surface area (Å²) in [5.41, 5.74) is 3.17. The van der Waals surface area contributed by atoms with Crippen LogP contribution in [0.5, 0.6) is 0 Å². The lowest BCUT2D eigenvalue weighted by Gasteiger charge is -2.16. The zero-order valence-corrected chi connectivity index (χ0v) is 12.1. The predicted molar refractivity (Wildman–Crippen MR) is 75.6 cm³/mol. The van der Waals surface area contributed by atoms with Gasteiger partial charge in [-0.05, 0) is 12.1 Å². The van der Waals surface area contributed by atoms with Crippen molar-refractivity contribution in [3.05, 3.63) is 47.7 Å². The fraction of sp³-hybridized carbons (Fsp3) is 0.333. The van der Waals surface area contributed by atoms with Gasteiger partial charge < -0.3 is 0 Å². The molecule has 0 aromatic heterocycles. The maximum absolute atomic E-state index is 12.9. The van der Waals surface area contributed by atoms with E-state index in [1.165, 1.54) is 0 Å².